The molecule has 1 amide bonds. The Kier molecular flexibility index (Phi) is 6.29. The first-order chi connectivity index (χ1) is 14.0. The lowest BCUT2D eigenvalue weighted by atomic mass is 10.0. The summed E-state index contributed by atoms with van der Waals surface area (Å²) in [6.45, 7) is 8.91. The Balaban J connectivity index is 1.62. The summed E-state index contributed by atoms with van der Waals surface area (Å²) in [4.78, 5) is 18.9. The van der Waals surface area contributed by atoms with Crippen molar-refractivity contribution in [3.63, 3.8) is 0 Å². The Morgan fingerprint density at radius 3 is 3.03 bits per heavy atom. The van der Waals surface area contributed by atoms with Gasteiger partial charge in [0.2, 0.25) is 5.91 Å². The predicted molar refractivity (Wildman–Crippen MR) is 124 cm³/mol. The van der Waals surface area contributed by atoms with Gasteiger partial charge in [0.15, 0.2) is 0 Å². The van der Waals surface area contributed by atoms with Crippen molar-refractivity contribution in [2.75, 3.05) is 18.4 Å². The molecule has 2 aromatic heterocycles. The van der Waals surface area contributed by atoms with Crippen LogP contribution < -0.4 is 16.0 Å². The molecule has 3 heterocycles. The molecule has 0 radical (unpaired) electrons. The summed E-state index contributed by atoms with van der Waals surface area (Å²) in [7, 11) is 0. The number of thiophene rings is 1. The second-order valence-electron chi connectivity index (χ2n) is 7.69. The summed E-state index contributed by atoms with van der Waals surface area (Å²) in [6.07, 6.45) is 2.51. The SMILES string of the molecule is CC[C@@H](C)NCCC(=O)Nc1sc2c(c1-c1nc3cc(C)ccc3s1)CCNC2. The van der Waals surface area contributed by atoms with Gasteiger partial charge in [0.25, 0.3) is 0 Å². The molecule has 7 heteroatoms. The number of nitrogens with one attached hydrogen (secondary N) is 3. The number of nitrogens with zero attached hydrogens (tertiary/aromatic N) is 1. The summed E-state index contributed by atoms with van der Waals surface area (Å²) >= 11 is 3.41. The van der Waals surface area contributed by atoms with Gasteiger partial charge in [0.05, 0.1) is 10.2 Å². The lowest BCUT2D eigenvalue weighted by Crippen LogP contribution is -2.28. The highest BCUT2D eigenvalue weighted by Crippen LogP contribution is 2.44. The van der Waals surface area contributed by atoms with Crippen LogP contribution in [-0.4, -0.2) is 30.0 Å². The van der Waals surface area contributed by atoms with Crippen molar-refractivity contribution in [2.24, 2.45) is 0 Å². The number of hydrogen-bond acceptors (Lipinski definition) is 6. The molecule has 3 aromatic rings. The molecule has 5 nitrogen and oxygen atoms in total. The van der Waals surface area contributed by atoms with Crippen LogP contribution in [0.1, 0.15) is 42.7 Å². The maximum Gasteiger partial charge on any atom is 0.226 e. The molecule has 1 aliphatic heterocycles. The molecular weight excluding hydrogens is 400 g/mol. The van der Waals surface area contributed by atoms with Gasteiger partial charge >= 0.3 is 0 Å². The molecule has 3 N–H and O–H groups in total. The van der Waals surface area contributed by atoms with Crippen LogP contribution in [0.25, 0.3) is 20.8 Å². The Bertz CT molecular complexity index is 1020. The first-order valence-electron chi connectivity index (χ1n) is 10.3. The lowest BCUT2D eigenvalue weighted by molar-refractivity contribution is -0.116. The van der Waals surface area contributed by atoms with Crippen LogP contribution in [0.4, 0.5) is 5.00 Å². The number of carbonyl (C=O) groups is 1. The first-order valence-corrected chi connectivity index (χ1v) is 11.9. The largest absolute Gasteiger partial charge is 0.317 e. The summed E-state index contributed by atoms with van der Waals surface area (Å²) in [5.74, 6) is 0.0607. The smallest absolute Gasteiger partial charge is 0.226 e. The van der Waals surface area contributed by atoms with Gasteiger partial charge in [-0.3, -0.25) is 4.79 Å². The zero-order valence-corrected chi connectivity index (χ0v) is 18.9. The minimum absolute atomic E-state index is 0.0607. The number of amides is 1. The molecule has 0 saturated carbocycles. The van der Waals surface area contributed by atoms with Crippen LogP contribution in [0.2, 0.25) is 0 Å². The van der Waals surface area contributed by atoms with Gasteiger partial charge < -0.3 is 16.0 Å². The van der Waals surface area contributed by atoms with E-state index in [0.717, 1.165) is 47.0 Å². The van der Waals surface area contributed by atoms with E-state index in [2.05, 4.69) is 54.9 Å². The van der Waals surface area contributed by atoms with Crippen LogP contribution >= 0.6 is 22.7 Å². The van der Waals surface area contributed by atoms with Gasteiger partial charge in [-0.25, -0.2) is 4.98 Å². The normalized spacial score (nSPS) is 14.7. The van der Waals surface area contributed by atoms with E-state index in [-0.39, 0.29) is 5.91 Å². The molecule has 0 unspecified atom stereocenters. The highest BCUT2D eigenvalue weighted by molar-refractivity contribution is 7.22. The molecule has 4 rings (SSSR count). The fourth-order valence-electron chi connectivity index (χ4n) is 3.56. The number of aryl methyl sites for hydroxylation is 1. The van der Waals surface area contributed by atoms with Crippen molar-refractivity contribution in [2.45, 2.75) is 52.6 Å². The van der Waals surface area contributed by atoms with Crippen molar-refractivity contribution in [1.82, 2.24) is 15.6 Å². The maximum absolute atomic E-state index is 12.6. The van der Waals surface area contributed by atoms with Gasteiger partial charge in [-0.1, -0.05) is 13.0 Å². The van der Waals surface area contributed by atoms with E-state index < -0.39 is 0 Å². The van der Waals surface area contributed by atoms with Gasteiger partial charge in [-0.05, 0) is 56.5 Å². The molecule has 0 saturated heterocycles. The van der Waals surface area contributed by atoms with Gasteiger partial charge in [-0.2, -0.15) is 0 Å². The molecule has 154 valence electrons. The van der Waals surface area contributed by atoms with E-state index in [1.807, 2.05) is 0 Å². The van der Waals surface area contributed by atoms with Crippen LogP contribution in [-0.2, 0) is 17.8 Å². The molecule has 1 aromatic carbocycles. The van der Waals surface area contributed by atoms with Crippen LogP contribution in [0.3, 0.4) is 0 Å². The number of rotatable bonds is 7. The summed E-state index contributed by atoms with van der Waals surface area (Å²) in [6, 6.07) is 6.84. The van der Waals surface area contributed by atoms with Crippen LogP contribution in [0.5, 0.6) is 0 Å². The molecule has 0 spiro atoms. The van der Waals surface area contributed by atoms with E-state index in [0.29, 0.717) is 19.0 Å². The van der Waals surface area contributed by atoms with E-state index in [1.165, 1.54) is 20.7 Å². The van der Waals surface area contributed by atoms with Crippen LogP contribution in [0, 0.1) is 6.92 Å². The zero-order valence-electron chi connectivity index (χ0n) is 17.2. The number of thiazole rings is 1. The van der Waals surface area contributed by atoms with Gasteiger partial charge in [-0.15, -0.1) is 22.7 Å². The average Bonchev–Trinajstić information content (AvgIpc) is 3.27. The number of anilines is 1. The van der Waals surface area contributed by atoms with Crippen molar-refractivity contribution < 1.29 is 4.79 Å². The van der Waals surface area contributed by atoms with E-state index >= 15 is 0 Å². The third kappa shape index (κ3) is 4.53. The monoisotopic (exact) mass is 428 g/mol. The van der Waals surface area contributed by atoms with Crippen LogP contribution in [0.15, 0.2) is 18.2 Å². The minimum Gasteiger partial charge on any atom is -0.317 e. The topological polar surface area (TPSA) is 66.0 Å². The first kappa shape index (κ1) is 20.5. The fraction of sp³-hybridized carbons (Fsp3) is 0.455. The third-order valence-corrected chi connectivity index (χ3v) is 7.60. The Morgan fingerprint density at radius 1 is 1.34 bits per heavy atom. The molecule has 0 aliphatic carbocycles. The third-order valence-electron chi connectivity index (χ3n) is 5.40. The summed E-state index contributed by atoms with van der Waals surface area (Å²) in [5.41, 5.74) is 4.73. The van der Waals surface area contributed by atoms with Gasteiger partial charge in [0.1, 0.15) is 10.0 Å². The Hall–Kier alpha value is -1.80. The highest BCUT2D eigenvalue weighted by atomic mass is 32.1. The second-order valence-corrected chi connectivity index (χ2v) is 9.82. The number of aromatic nitrogens is 1. The maximum atomic E-state index is 12.6. The predicted octanol–water partition coefficient (Wildman–Crippen LogP) is 4.70. The molecule has 0 fully saturated rings. The van der Waals surface area contributed by atoms with Crippen molar-refractivity contribution >= 4 is 43.8 Å². The van der Waals surface area contributed by atoms with E-state index in [4.69, 9.17) is 4.98 Å². The number of hydrogen-bond donors (Lipinski definition) is 3. The highest BCUT2D eigenvalue weighted by Gasteiger charge is 2.25. The van der Waals surface area contributed by atoms with Crippen molar-refractivity contribution in [3.05, 3.63) is 34.2 Å². The number of fused-ring (bicyclic) bond motifs is 2. The quantitative estimate of drug-likeness (QED) is 0.510. The molecular formula is C22H28N4OS2. The Labute approximate surface area is 179 Å². The molecule has 1 atom stereocenters. The molecule has 0 bridgehead atoms. The molecule has 29 heavy (non-hydrogen) atoms. The van der Waals surface area contributed by atoms with E-state index in [1.54, 1.807) is 22.7 Å². The second kappa shape index (κ2) is 8.92. The van der Waals surface area contributed by atoms with E-state index in [9.17, 15) is 4.79 Å². The molecule has 1 aliphatic rings. The number of benzene rings is 1. The Morgan fingerprint density at radius 2 is 2.21 bits per heavy atom. The minimum atomic E-state index is 0.0607. The van der Waals surface area contributed by atoms with Crippen molar-refractivity contribution in [3.8, 4) is 10.6 Å². The zero-order chi connectivity index (χ0) is 20.4. The standard InChI is InChI=1S/C22H28N4OS2/c1-4-14(3)24-10-8-19(27)26-22-20(15-7-9-23-12-18(15)29-22)21-25-16-11-13(2)5-6-17(16)28-21/h5-6,11,14,23-24H,4,7-10,12H2,1-3H3,(H,26,27)/t14-/m1/s1. The van der Waals surface area contributed by atoms with Gasteiger partial charge in [0, 0.05) is 36.0 Å². The summed E-state index contributed by atoms with van der Waals surface area (Å²) in [5, 5.41) is 12.0. The summed E-state index contributed by atoms with van der Waals surface area (Å²) < 4.78 is 1.19. The lowest BCUT2D eigenvalue weighted by Gasteiger charge is -2.13. The van der Waals surface area contributed by atoms with Crippen molar-refractivity contribution in [1.29, 1.82) is 0 Å². The number of carbonyl (C=O) groups excluding carboxylic acids is 1. The average molecular weight is 429 g/mol. The fourth-order valence-corrected chi connectivity index (χ4v) is 5.88.